The van der Waals surface area contributed by atoms with E-state index >= 15 is 0 Å². The van der Waals surface area contributed by atoms with Crippen LogP contribution in [0.1, 0.15) is 19.8 Å². The van der Waals surface area contributed by atoms with Gasteiger partial charge in [-0.05, 0) is 50.6 Å². The van der Waals surface area contributed by atoms with Crippen molar-refractivity contribution in [3.8, 4) is 5.75 Å². The predicted octanol–water partition coefficient (Wildman–Crippen LogP) is 2.86. The van der Waals surface area contributed by atoms with Crippen LogP contribution >= 0.6 is 15.9 Å². The van der Waals surface area contributed by atoms with Gasteiger partial charge in [0.15, 0.2) is 0 Å². The fourth-order valence-corrected chi connectivity index (χ4v) is 2.68. The zero-order chi connectivity index (χ0) is 14.4. The molecule has 1 unspecified atom stereocenters. The molecule has 110 valence electrons. The largest absolute Gasteiger partial charge is 0.492 e. The summed E-state index contributed by atoms with van der Waals surface area (Å²) in [5, 5.41) is 0. The van der Waals surface area contributed by atoms with Gasteiger partial charge in [0.1, 0.15) is 18.4 Å². The van der Waals surface area contributed by atoms with Crippen molar-refractivity contribution in [2.75, 3.05) is 26.3 Å². The summed E-state index contributed by atoms with van der Waals surface area (Å²) in [4.78, 5) is 14.0. The Labute approximate surface area is 128 Å². The summed E-state index contributed by atoms with van der Waals surface area (Å²) >= 11 is 3.39. The lowest BCUT2D eigenvalue weighted by Gasteiger charge is -2.22. The number of benzene rings is 1. The van der Waals surface area contributed by atoms with E-state index in [1.165, 1.54) is 0 Å². The molecule has 1 fully saturated rings. The van der Waals surface area contributed by atoms with E-state index in [2.05, 4.69) is 20.8 Å². The Balaban J connectivity index is 1.78. The van der Waals surface area contributed by atoms with Gasteiger partial charge in [0.25, 0.3) is 0 Å². The molecular weight excluding hydrogens is 322 g/mol. The molecule has 1 atom stereocenters. The van der Waals surface area contributed by atoms with Gasteiger partial charge >= 0.3 is 5.97 Å². The molecule has 1 heterocycles. The monoisotopic (exact) mass is 341 g/mol. The lowest BCUT2D eigenvalue weighted by molar-refractivity contribution is -0.148. The maximum absolute atomic E-state index is 11.8. The number of rotatable bonds is 6. The van der Waals surface area contributed by atoms with Gasteiger partial charge in [0.05, 0.1) is 6.61 Å². The van der Waals surface area contributed by atoms with Crippen LogP contribution in [-0.4, -0.2) is 43.2 Å². The Hall–Kier alpha value is -1.07. The molecule has 0 aliphatic carbocycles. The summed E-state index contributed by atoms with van der Waals surface area (Å²) in [5.41, 5.74) is 0. The molecule has 0 radical (unpaired) electrons. The Morgan fingerprint density at radius 2 is 2.15 bits per heavy atom. The van der Waals surface area contributed by atoms with E-state index in [9.17, 15) is 4.79 Å². The summed E-state index contributed by atoms with van der Waals surface area (Å²) in [7, 11) is 0. The number of ether oxygens (including phenoxy) is 2. The summed E-state index contributed by atoms with van der Waals surface area (Å²) in [5.74, 6) is 0.744. The number of hydrogen-bond donors (Lipinski definition) is 0. The molecule has 20 heavy (non-hydrogen) atoms. The minimum atomic E-state index is -0.103. The van der Waals surface area contributed by atoms with Crippen LogP contribution in [0, 0.1) is 0 Å². The summed E-state index contributed by atoms with van der Waals surface area (Å²) in [6.07, 6.45) is 1.93. The molecule has 0 bridgehead atoms. The van der Waals surface area contributed by atoms with Gasteiger partial charge in [-0.3, -0.25) is 9.69 Å². The van der Waals surface area contributed by atoms with Crippen molar-refractivity contribution in [1.29, 1.82) is 0 Å². The summed E-state index contributed by atoms with van der Waals surface area (Å²) in [6, 6.07) is 7.66. The third-order valence-electron chi connectivity index (χ3n) is 3.38. The Bertz CT molecular complexity index is 435. The highest BCUT2D eigenvalue weighted by atomic mass is 79.9. The van der Waals surface area contributed by atoms with E-state index in [-0.39, 0.29) is 12.0 Å². The molecule has 5 heteroatoms. The zero-order valence-electron chi connectivity index (χ0n) is 11.7. The number of carbonyl (C=O) groups excluding carboxylic acids is 1. The van der Waals surface area contributed by atoms with E-state index in [1.807, 2.05) is 31.2 Å². The first-order valence-corrected chi connectivity index (χ1v) is 7.79. The zero-order valence-corrected chi connectivity index (χ0v) is 13.3. The molecule has 1 aromatic rings. The van der Waals surface area contributed by atoms with Crippen molar-refractivity contribution in [3.63, 3.8) is 0 Å². The number of carbonyl (C=O) groups is 1. The Kier molecular flexibility index (Phi) is 5.86. The van der Waals surface area contributed by atoms with Gasteiger partial charge in [0, 0.05) is 11.0 Å². The van der Waals surface area contributed by atoms with E-state index in [0.717, 1.165) is 36.2 Å². The number of esters is 1. The van der Waals surface area contributed by atoms with Gasteiger partial charge < -0.3 is 9.47 Å². The molecule has 1 aliphatic heterocycles. The van der Waals surface area contributed by atoms with Crippen LogP contribution in [-0.2, 0) is 9.53 Å². The topological polar surface area (TPSA) is 38.8 Å². The Morgan fingerprint density at radius 3 is 2.85 bits per heavy atom. The third kappa shape index (κ3) is 4.21. The van der Waals surface area contributed by atoms with E-state index < -0.39 is 0 Å². The van der Waals surface area contributed by atoms with Crippen LogP contribution in [0.4, 0.5) is 0 Å². The first kappa shape index (κ1) is 15.3. The molecule has 1 aromatic carbocycles. The number of likely N-dealkylation sites (tertiary alicyclic amines) is 1. The van der Waals surface area contributed by atoms with E-state index in [0.29, 0.717) is 13.2 Å². The maximum atomic E-state index is 11.8. The van der Waals surface area contributed by atoms with Gasteiger partial charge in [-0.2, -0.15) is 0 Å². The predicted molar refractivity (Wildman–Crippen MR) is 80.9 cm³/mol. The van der Waals surface area contributed by atoms with Gasteiger partial charge in [0.2, 0.25) is 0 Å². The van der Waals surface area contributed by atoms with Gasteiger partial charge in [-0.15, -0.1) is 0 Å². The minimum Gasteiger partial charge on any atom is -0.492 e. The first-order chi connectivity index (χ1) is 9.70. The third-order valence-corrected chi connectivity index (χ3v) is 3.91. The second kappa shape index (κ2) is 7.64. The van der Waals surface area contributed by atoms with Crippen LogP contribution in [0.2, 0.25) is 0 Å². The molecule has 0 aromatic heterocycles. The standard InChI is InChI=1S/C15H20BrNO3/c1-2-19-15(18)14-4-3-9-17(14)10-11-20-13-7-5-12(16)6-8-13/h5-8,14H,2-4,9-11H2,1H3. The highest BCUT2D eigenvalue weighted by Gasteiger charge is 2.31. The van der Waals surface area contributed by atoms with Crippen LogP contribution in [0.3, 0.4) is 0 Å². The average Bonchev–Trinajstić information content (AvgIpc) is 2.90. The second-order valence-electron chi connectivity index (χ2n) is 4.75. The van der Waals surface area contributed by atoms with E-state index in [4.69, 9.17) is 9.47 Å². The normalized spacial score (nSPS) is 19.0. The quantitative estimate of drug-likeness (QED) is 0.746. The van der Waals surface area contributed by atoms with Crippen molar-refractivity contribution >= 4 is 21.9 Å². The SMILES string of the molecule is CCOC(=O)C1CCCN1CCOc1ccc(Br)cc1. The first-order valence-electron chi connectivity index (χ1n) is 6.99. The Morgan fingerprint density at radius 1 is 1.40 bits per heavy atom. The molecule has 2 rings (SSSR count). The highest BCUT2D eigenvalue weighted by Crippen LogP contribution is 2.19. The highest BCUT2D eigenvalue weighted by molar-refractivity contribution is 9.10. The van der Waals surface area contributed by atoms with Crippen molar-refractivity contribution in [2.24, 2.45) is 0 Å². The molecule has 0 saturated carbocycles. The van der Waals surface area contributed by atoms with Crippen LogP contribution in [0.5, 0.6) is 5.75 Å². The molecule has 0 amide bonds. The van der Waals surface area contributed by atoms with Crippen molar-refractivity contribution < 1.29 is 14.3 Å². The lowest BCUT2D eigenvalue weighted by Crippen LogP contribution is -2.39. The van der Waals surface area contributed by atoms with Gasteiger partial charge in [-0.25, -0.2) is 0 Å². The molecule has 1 saturated heterocycles. The smallest absolute Gasteiger partial charge is 0.323 e. The lowest BCUT2D eigenvalue weighted by atomic mass is 10.2. The minimum absolute atomic E-state index is 0.0940. The molecule has 1 aliphatic rings. The average molecular weight is 342 g/mol. The molecule has 0 N–H and O–H groups in total. The fourth-order valence-electron chi connectivity index (χ4n) is 2.41. The van der Waals surface area contributed by atoms with Crippen molar-refractivity contribution in [1.82, 2.24) is 4.90 Å². The van der Waals surface area contributed by atoms with Crippen molar-refractivity contribution in [2.45, 2.75) is 25.8 Å². The fraction of sp³-hybridized carbons (Fsp3) is 0.533. The van der Waals surface area contributed by atoms with E-state index in [1.54, 1.807) is 0 Å². The van der Waals surface area contributed by atoms with Crippen LogP contribution < -0.4 is 4.74 Å². The van der Waals surface area contributed by atoms with Crippen molar-refractivity contribution in [3.05, 3.63) is 28.7 Å². The maximum Gasteiger partial charge on any atom is 0.323 e. The van der Waals surface area contributed by atoms with Gasteiger partial charge in [-0.1, -0.05) is 15.9 Å². The summed E-state index contributed by atoms with van der Waals surface area (Å²) < 4.78 is 11.8. The van der Waals surface area contributed by atoms with Crippen LogP contribution in [0.25, 0.3) is 0 Å². The number of hydrogen-bond acceptors (Lipinski definition) is 4. The number of nitrogens with zero attached hydrogens (tertiary/aromatic N) is 1. The molecular formula is C15H20BrNO3. The number of halogens is 1. The molecule has 4 nitrogen and oxygen atoms in total. The second-order valence-corrected chi connectivity index (χ2v) is 5.66. The van der Waals surface area contributed by atoms with Crippen LogP contribution in [0.15, 0.2) is 28.7 Å². The summed E-state index contributed by atoms with van der Waals surface area (Å²) in [6.45, 7) is 4.55. The molecule has 0 spiro atoms.